The van der Waals surface area contributed by atoms with Gasteiger partial charge in [-0.2, -0.15) is 0 Å². The molecule has 0 bridgehead atoms. The number of carbonyl (C=O) groups is 2. The zero-order valence-electron chi connectivity index (χ0n) is 12.3. The lowest BCUT2D eigenvalue weighted by molar-refractivity contribution is 0.0474. The largest absolute Gasteiger partial charge is 0.496 e. The molecule has 0 aliphatic rings. The monoisotopic (exact) mass is 362 g/mol. The van der Waals surface area contributed by atoms with Crippen LogP contribution in [0.3, 0.4) is 0 Å². The minimum atomic E-state index is -0.501. The van der Waals surface area contributed by atoms with Crippen molar-refractivity contribution in [3.8, 4) is 5.75 Å². The summed E-state index contributed by atoms with van der Waals surface area (Å²) in [6.45, 7) is 1.52. The van der Waals surface area contributed by atoms with Gasteiger partial charge in [-0.05, 0) is 52.7 Å². The molecule has 0 atom stereocenters. The minimum absolute atomic E-state index is 0.273. The topological polar surface area (TPSA) is 52.6 Å². The molecular weight excluding hydrogens is 348 g/mol. The molecule has 2 rings (SSSR count). The molecule has 0 aliphatic heterocycles. The van der Waals surface area contributed by atoms with Gasteiger partial charge in [0.1, 0.15) is 5.75 Å². The molecule has 2 aromatic rings. The van der Waals surface area contributed by atoms with Gasteiger partial charge in [0.05, 0.1) is 17.1 Å². The first-order valence-electron chi connectivity index (χ1n) is 6.62. The number of hydrogen-bond donors (Lipinski definition) is 0. The summed E-state index contributed by atoms with van der Waals surface area (Å²) in [6, 6.07) is 12.0. The highest BCUT2D eigenvalue weighted by Gasteiger charge is 2.14. The first-order chi connectivity index (χ1) is 10.5. The van der Waals surface area contributed by atoms with Gasteiger partial charge in [0.15, 0.2) is 12.4 Å². The summed E-state index contributed by atoms with van der Waals surface area (Å²) in [5.41, 5.74) is 1.73. The van der Waals surface area contributed by atoms with Crippen LogP contribution in [-0.2, 0) is 4.74 Å². The number of aryl methyl sites for hydroxylation is 1. The van der Waals surface area contributed by atoms with E-state index in [0.717, 1.165) is 5.56 Å². The molecular formula is C17H15BrO4. The van der Waals surface area contributed by atoms with Crippen LogP contribution in [0.15, 0.2) is 46.9 Å². The molecule has 0 aromatic heterocycles. The van der Waals surface area contributed by atoms with Crippen LogP contribution in [0, 0.1) is 6.92 Å². The van der Waals surface area contributed by atoms with Crippen molar-refractivity contribution in [1.82, 2.24) is 0 Å². The predicted molar refractivity (Wildman–Crippen MR) is 86.5 cm³/mol. The molecule has 4 nitrogen and oxygen atoms in total. The van der Waals surface area contributed by atoms with Crippen molar-refractivity contribution in [1.29, 1.82) is 0 Å². The van der Waals surface area contributed by atoms with Crippen molar-refractivity contribution in [2.75, 3.05) is 13.7 Å². The molecule has 0 unspecified atom stereocenters. The zero-order valence-corrected chi connectivity index (χ0v) is 13.8. The second-order valence-corrected chi connectivity index (χ2v) is 5.52. The normalized spacial score (nSPS) is 10.1. The SMILES string of the molecule is COc1ccc(C(=O)COC(=O)c2ccccc2C)cc1Br. The molecule has 5 heteroatoms. The third kappa shape index (κ3) is 3.74. The van der Waals surface area contributed by atoms with E-state index in [2.05, 4.69) is 15.9 Å². The second kappa shape index (κ2) is 7.22. The minimum Gasteiger partial charge on any atom is -0.496 e. The molecule has 0 radical (unpaired) electrons. The summed E-state index contributed by atoms with van der Waals surface area (Å²) in [4.78, 5) is 24.0. The fourth-order valence-corrected chi connectivity index (χ4v) is 2.47. The van der Waals surface area contributed by atoms with Gasteiger partial charge < -0.3 is 9.47 Å². The van der Waals surface area contributed by atoms with Crippen molar-refractivity contribution in [3.63, 3.8) is 0 Å². The fourth-order valence-electron chi connectivity index (χ4n) is 1.93. The van der Waals surface area contributed by atoms with Gasteiger partial charge in [0.25, 0.3) is 0 Å². The van der Waals surface area contributed by atoms with Crippen molar-refractivity contribution in [3.05, 3.63) is 63.6 Å². The van der Waals surface area contributed by atoms with Gasteiger partial charge in [0.2, 0.25) is 0 Å². The van der Waals surface area contributed by atoms with Crippen molar-refractivity contribution in [2.45, 2.75) is 6.92 Å². The van der Waals surface area contributed by atoms with E-state index in [1.165, 1.54) is 0 Å². The third-order valence-corrected chi connectivity index (χ3v) is 3.79. The Balaban J connectivity index is 2.02. The van der Waals surface area contributed by atoms with E-state index < -0.39 is 5.97 Å². The Bertz CT molecular complexity index is 710. The number of rotatable bonds is 5. The molecule has 0 saturated heterocycles. The molecule has 0 saturated carbocycles. The Morgan fingerprint density at radius 3 is 2.50 bits per heavy atom. The number of methoxy groups -OCH3 is 1. The summed E-state index contributed by atoms with van der Waals surface area (Å²) in [5.74, 6) is -0.141. The highest BCUT2D eigenvalue weighted by atomic mass is 79.9. The lowest BCUT2D eigenvalue weighted by atomic mass is 10.1. The van der Waals surface area contributed by atoms with E-state index in [1.54, 1.807) is 37.4 Å². The average molecular weight is 363 g/mol. The van der Waals surface area contributed by atoms with Crippen LogP contribution in [0.25, 0.3) is 0 Å². The van der Waals surface area contributed by atoms with Gasteiger partial charge in [-0.1, -0.05) is 18.2 Å². The van der Waals surface area contributed by atoms with Gasteiger partial charge in [-0.25, -0.2) is 4.79 Å². The van der Waals surface area contributed by atoms with E-state index in [-0.39, 0.29) is 12.4 Å². The van der Waals surface area contributed by atoms with Crippen LogP contribution in [0.2, 0.25) is 0 Å². The van der Waals surface area contributed by atoms with Crippen LogP contribution in [0.5, 0.6) is 5.75 Å². The van der Waals surface area contributed by atoms with E-state index in [9.17, 15) is 9.59 Å². The number of ether oxygens (including phenoxy) is 2. The number of ketones is 1. The van der Waals surface area contributed by atoms with Crippen LogP contribution < -0.4 is 4.74 Å². The summed E-state index contributed by atoms with van der Waals surface area (Å²) < 4.78 is 10.9. The van der Waals surface area contributed by atoms with Gasteiger partial charge >= 0.3 is 5.97 Å². The smallest absolute Gasteiger partial charge is 0.338 e. The fraction of sp³-hybridized carbons (Fsp3) is 0.176. The summed E-state index contributed by atoms with van der Waals surface area (Å²) in [7, 11) is 1.55. The molecule has 0 aliphatic carbocycles. The molecule has 0 fully saturated rings. The maximum Gasteiger partial charge on any atom is 0.338 e. The highest BCUT2D eigenvalue weighted by Crippen LogP contribution is 2.25. The van der Waals surface area contributed by atoms with Crippen LogP contribution in [0.1, 0.15) is 26.3 Å². The van der Waals surface area contributed by atoms with Gasteiger partial charge in [0, 0.05) is 5.56 Å². The van der Waals surface area contributed by atoms with Crippen molar-refractivity contribution >= 4 is 27.7 Å². The molecule has 0 heterocycles. The zero-order chi connectivity index (χ0) is 16.1. The van der Waals surface area contributed by atoms with E-state index in [0.29, 0.717) is 21.3 Å². The first kappa shape index (κ1) is 16.2. The molecule has 2 aromatic carbocycles. The Labute approximate surface area is 137 Å². The van der Waals surface area contributed by atoms with Crippen LogP contribution in [-0.4, -0.2) is 25.5 Å². The lowest BCUT2D eigenvalue weighted by Crippen LogP contribution is -2.15. The summed E-state index contributed by atoms with van der Waals surface area (Å²) in [6.07, 6.45) is 0. The number of hydrogen-bond acceptors (Lipinski definition) is 4. The van der Waals surface area contributed by atoms with E-state index in [1.807, 2.05) is 19.1 Å². The van der Waals surface area contributed by atoms with Crippen LogP contribution >= 0.6 is 15.9 Å². The Morgan fingerprint density at radius 1 is 1.14 bits per heavy atom. The quantitative estimate of drug-likeness (QED) is 0.599. The molecule has 22 heavy (non-hydrogen) atoms. The molecule has 0 N–H and O–H groups in total. The van der Waals surface area contributed by atoms with E-state index in [4.69, 9.17) is 9.47 Å². The maximum absolute atomic E-state index is 12.1. The van der Waals surface area contributed by atoms with E-state index >= 15 is 0 Å². The number of halogens is 1. The second-order valence-electron chi connectivity index (χ2n) is 4.66. The van der Waals surface area contributed by atoms with Crippen LogP contribution in [0.4, 0.5) is 0 Å². The highest BCUT2D eigenvalue weighted by molar-refractivity contribution is 9.10. The first-order valence-corrected chi connectivity index (χ1v) is 7.41. The number of Topliss-reactive ketones (excluding diaryl/α,β-unsaturated/α-hetero) is 1. The Kier molecular flexibility index (Phi) is 5.33. The number of carbonyl (C=O) groups excluding carboxylic acids is 2. The standard InChI is InChI=1S/C17H15BrO4/c1-11-5-3-4-6-13(11)17(20)22-10-15(19)12-7-8-16(21-2)14(18)9-12/h3-9H,10H2,1-2H3. The predicted octanol–water partition coefficient (Wildman–Crippen LogP) is 3.81. The summed E-state index contributed by atoms with van der Waals surface area (Å²) in [5, 5.41) is 0. The maximum atomic E-state index is 12.1. The van der Waals surface area contributed by atoms with Gasteiger partial charge in [-0.15, -0.1) is 0 Å². The lowest BCUT2D eigenvalue weighted by Gasteiger charge is -2.08. The molecule has 114 valence electrons. The summed E-state index contributed by atoms with van der Waals surface area (Å²) >= 11 is 3.32. The van der Waals surface area contributed by atoms with Gasteiger partial charge in [-0.3, -0.25) is 4.79 Å². The van der Waals surface area contributed by atoms with Crippen molar-refractivity contribution < 1.29 is 19.1 Å². The third-order valence-electron chi connectivity index (χ3n) is 3.17. The van der Waals surface area contributed by atoms with Crippen molar-refractivity contribution in [2.24, 2.45) is 0 Å². The number of benzene rings is 2. The average Bonchev–Trinajstić information content (AvgIpc) is 2.52. The molecule has 0 amide bonds. The Morgan fingerprint density at radius 2 is 1.86 bits per heavy atom. The molecule has 0 spiro atoms. The Hall–Kier alpha value is -2.14. The number of esters is 1.